The molecule has 26 heavy (non-hydrogen) atoms. The summed E-state index contributed by atoms with van der Waals surface area (Å²) in [6.45, 7) is 0.353. The predicted molar refractivity (Wildman–Crippen MR) is 98.0 cm³/mol. The number of hydrogen-bond donors (Lipinski definition) is 4. The lowest BCUT2D eigenvalue weighted by Gasteiger charge is -2.13. The maximum absolute atomic E-state index is 11.9. The predicted octanol–water partition coefficient (Wildman–Crippen LogP) is 1.59. The number of aliphatic hydroxyl groups is 1. The second kappa shape index (κ2) is 9.43. The van der Waals surface area contributed by atoms with Gasteiger partial charge in [0.25, 0.3) is 5.91 Å². The second-order valence-electron chi connectivity index (χ2n) is 5.63. The van der Waals surface area contributed by atoms with Gasteiger partial charge in [0.1, 0.15) is 5.75 Å². The van der Waals surface area contributed by atoms with Crippen molar-refractivity contribution in [2.75, 3.05) is 20.7 Å². The van der Waals surface area contributed by atoms with Gasteiger partial charge in [-0.05, 0) is 35.4 Å². The third kappa shape index (κ3) is 5.49. The highest BCUT2D eigenvalue weighted by atomic mass is 16.5. The number of aliphatic hydroxyl groups excluding tert-OH is 1. The molecule has 0 aliphatic heterocycles. The van der Waals surface area contributed by atoms with Gasteiger partial charge in [-0.25, -0.2) is 4.79 Å². The summed E-state index contributed by atoms with van der Waals surface area (Å²) in [5.74, 6) is 0.518. The molecule has 0 aromatic heterocycles. The van der Waals surface area contributed by atoms with Crippen LogP contribution in [0.2, 0.25) is 0 Å². The van der Waals surface area contributed by atoms with Crippen LogP contribution in [0.25, 0.3) is 0 Å². The minimum atomic E-state index is -0.816. The maximum Gasteiger partial charge on any atom is 0.315 e. The van der Waals surface area contributed by atoms with Crippen molar-refractivity contribution in [1.82, 2.24) is 16.0 Å². The van der Waals surface area contributed by atoms with Gasteiger partial charge in [0.05, 0.1) is 13.2 Å². The fourth-order valence-corrected chi connectivity index (χ4v) is 2.34. The summed E-state index contributed by atoms with van der Waals surface area (Å²) < 4.78 is 5.06. The van der Waals surface area contributed by atoms with Gasteiger partial charge < -0.3 is 25.8 Å². The molecule has 0 bridgehead atoms. The van der Waals surface area contributed by atoms with Crippen LogP contribution in [0.15, 0.2) is 48.5 Å². The third-order valence-corrected chi connectivity index (χ3v) is 3.83. The van der Waals surface area contributed by atoms with Crippen LogP contribution in [0.5, 0.6) is 5.75 Å². The van der Waals surface area contributed by atoms with Crippen LogP contribution in [-0.4, -0.2) is 37.7 Å². The van der Waals surface area contributed by atoms with Gasteiger partial charge in [-0.1, -0.05) is 24.3 Å². The molecular weight excluding hydrogens is 334 g/mol. The van der Waals surface area contributed by atoms with Crippen molar-refractivity contribution >= 4 is 11.9 Å². The number of amides is 3. The largest absolute Gasteiger partial charge is 0.497 e. The molecule has 138 valence electrons. The molecule has 0 fully saturated rings. The first-order valence-corrected chi connectivity index (χ1v) is 8.18. The molecule has 2 aromatic rings. The standard InChI is InChI=1S/C19H23N3O4/c1-20-18(24)15-5-3-4-13(10-15)11-21-19(25)22-12-17(23)14-6-8-16(26-2)9-7-14/h3-10,17,23H,11-12H2,1-2H3,(H,20,24)(H2,21,22,25). The van der Waals surface area contributed by atoms with Crippen LogP contribution < -0.4 is 20.7 Å². The Morgan fingerprint density at radius 2 is 1.85 bits per heavy atom. The van der Waals surface area contributed by atoms with Gasteiger partial charge in [0, 0.05) is 25.7 Å². The van der Waals surface area contributed by atoms with Crippen molar-refractivity contribution in [2.24, 2.45) is 0 Å². The summed E-state index contributed by atoms with van der Waals surface area (Å²) >= 11 is 0. The normalized spacial score (nSPS) is 11.3. The van der Waals surface area contributed by atoms with E-state index in [9.17, 15) is 14.7 Å². The Bertz CT molecular complexity index is 747. The van der Waals surface area contributed by atoms with Crippen molar-refractivity contribution in [2.45, 2.75) is 12.6 Å². The molecule has 0 aliphatic carbocycles. The first-order chi connectivity index (χ1) is 12.5. The van der Waals surface area contributed by atoms with Gasteiger partial charge in [0.2, 0.25) is 0 Å². The lowest BCUT2D eigenvalue weighted by Crippen LogP contribution is -2.37. The highest BCUT2D eigenvalue weighted by Gasteiger charge is 2.10. The molecule has 0 spiro atoms. The van der Waals surface area contributed by atoms with Gasteiger partial charge >= 0.3 is 6.03 Å². The average Bonchev–Trinajstić information content (AvgIpc) is 2.70. The van der Waals surface area contributed by atoms with Crippen molar-refractivity contribution < 1.29 is 19.4 Å². The molecule has 3 amide bonds. The number of methoxy groups -OCH3 is 1. The molecule has 4 N–H and O–H groups in total. The number of ether oxygens (including phenoxy) is 1. The highest BCUT2D eigenvalue weighted by molar-refractivity contribution is 5.94. The zero-order valence-electron chi connectivity index (χ0n) is 14.8. The van der Waals surface area contributed by atoms with Crippen molar-refractivity contribution in [3.63, 3.8) is 0 Å². The van der Waals surface area contributed by atoms with Gasteiger partial charge in [-0.15, -0.1) is 0 Å². The van der Waals surface area contributed by atoms with E-state index in [0.29, 0.717) is 16.9 Å². The number of carbonyl (C=O) groups excluding carboxylic acids is 2. The fraction of sp³-hybridized carbons (Fsp3) is 0.263. The molecule has 0 radical (unpaired) electrons. The lowest BCUT2D eigenvalue weighted by atomic mass is 10.1. The molecule has 2 rings (SSSR count). The van der Waals surface area contributed by atoms with Crippen LogP contribution in [0, 0.1) is 0 Å². The molecule has 2 aromatic carbocycles. The summed E-state index contributed by atoms with van der Waals surface area (Å²) in [7, 11) is 3.14. The van der Waals surface area contributed by atoms with E-state index < -0.39 is 12.1 Å². The number of nitrogens with one attached hydrogen (secondary N) is 3. The van der Waals surface area contributed by atoms with Gasteiger partial charge in [0.15, 0.2) is 0 Å². The highest BCUT2D eigenvalue weighted by Crippen LogP contribution is 2.16. The monoisotopic (exact) mass is 357 g/mol. The Morgan fingerprint density at radius 1 is 1.12 bits per heavy atom. The minimum absolute atomic E-state index is 0.0798. The lowest BCUT2D eigenvalue weighted by molar-refractivity contribution is 0.0963. The number of urea groups is 1. The Kier molecular flexibility index (Phi) is 6.99. The number of rotatable bonds is 7. The fourth-order valence-electron chi connectivity index (χ4n) is 2.34. The molecule has 0 heterocycles. The third-order valence-electron chi connectivity index (χ3n) is 3.83. The van der Waals surface area contributed by atoms with E-state index in [1.165, 1.54) is 0 Å². The van der Waals surface area contributed by atoms with E-state index >= 15 is 0 Å². The summed E-state index contributed by atoms with van der Waals surface area (Å²) in [5.41, 5.74) is 2.02. The van der Waals surface area contributed by atoms with E-state index in [4.69, 9.17) is 4.74 Å². The van der Waals surface area contributed by atoms with E-state index in [1.807, 2.05) is 6.07 Å². The number of benzene rings is 2. The van der Waals surface area contributed by atoms with Crippen LogP contribution in [-0.2, 0) is 6.54 Å². The zero-order valence-corrected chi connectivity index (χ0v) is 14.8. The molecule has 0 saturated carbocycles. The molecule has 0 aliphatic rings. The Morgan fingerprint density at radius 3 is 2.50 bits per heavy atom. The van der Waals surface area contributed by atoms with E-state index in [0.717, 1.165) is 5.56 Å². The molecular formula is C19H23N3O4. The molecule has 1 atom stereocenters. The van der Waals surface area contributed by atoms with Crippen molar-refractivity contribution in [1.29, 1.82) is 0 Å². The summed E-state index contributed by atoms with van der Waals surface area (Å²) in [6, 6.07) is 13.6. The Hall–Kier alpha value is -3.06. The Balaban J connectivity index is 1.80. The molecule has 1 unspecified atom stereocenters. The first-order valence-electron chi connectivity index (χ1n) is 8.18. The van der Waals surface area contributed by atoms with E-state index in [2.05, 4.69) is 16.0 Å². The Labute approximate surface area is 152 Å². The maximum atomic E-state index is 11.9. The topological polar surface area (TPSA) is 99.7 Å². The first kappa shape index (κ1) is 19.3. The van der Waals surface area contributed by atoms with Crippen LogP contribution in [0.4, 0.5) is 4.79 Å². The van der Waals surface area contributed by atoms with Crippen molar-refractivity contribution in [3.8, 4) is 5.75 Å². The van der Waals surface area contributed by atoms with Crippen LogP contribution in [0.1, 0.15) is 27.6 Å². The molecule has 0 saturated heterocycles. The summed E-state index contributed by atoms with van der Waals surface area (Å²) in [6.07, 6.45) is -0.816. The van der Waals surface area contributed by atoms with Gasteiger partial charge in [-0.3, -0.25) is 4.79 Å². The SMILES string of the molecule is CNC(=O)c1cccc(CNC(=O)NCC(O)c2ccc(OC)cc2)c1. The van der Waals surface area contributed by atoms with E-state index in [-0.39, 0.29) is 19.0 Å². The van der Waals surface area contributed by atoms with Crippen LogP contribution in [0.3, 0.4) is 0 Å². The number of carbonyl (C=O) groups is 2. The van der Waals surface area contributed by atoms with Crippen molar-refractivity contribution in [3.05, 3.63) is 65.2 Å². The molecule has 7 nitrogen and oxygen atoms in total. The minimum Gasteiger partial charge on any atom is -0.497 e. The quantitative estimate of drug-likeness (QED) is 0.605. The molecule has 7 heteroatoms. The summed E-state index contributed by atoms with van der Waals surface area (Å²) in [5, 5.41) is 18.0. The second-order valence-corrected chi connectivity index (χ2v) is 5.63. The number of hydrogen-bond acceptors (Lipinski definition) is 4. The van der Waals surface area contributed by atoms with Gasteiger partial charge in [-0.2, -0.15) is 0 Å². The van der Waals surface area contributed by atoms with E-state index in [1.54, 1.807) is 56.6 Å². The smallest absolute Gasteiger partial charge is 0.315 e. The average molecular weight is 357 g/mol. The summed E-state index contributed by atoms with van der Waals surface area (Å²) in [4.78, 5) is 23.5. The van der Waals surface area contributed by atoms with Crippen LogP contribution >= 0.6 is 0 Å². The zero-order chi connectivity index (χ0) is 18.9.